The smallest absolute Gasteiger partial charge is 0.322 e. The average Bonchev–Trinajstić information content (AvgIpc) is 3.23. The number of carboxylic acids is 1. The molecule has 2 aromatic rings. The molecule has 0 bridgehead atoms. The van der Waals surface area contributed by atoms with Crippen LogP contribution in [0.1, 0.15) is 62.3 Å². The minimum atomic E-state index is -3.98. The van der Waals surface area contributed by atoms with Crippen LogP contribution >= 0.6 is 0 Å². The van der Waals surface area contributed by atoms with Crippen LogP contribution in [0.2, 0.25) is 0 Å². The molecule has 3 rings (SSSR count). The predicted molar refractivity (Wildman–Crippen MR) is 139 cm³/mol. The Morgan fingerprint density at radius 3 is 2.44 bits per heavy atom. The zero-order valence-corrected chi connectivity index (χ0v) is 22.1. The Morgan fingerprint density at radius 1 is 1.08 bits per heavy atom. The van der Waals surface area contributed by atoms with Gasteiger partial charge in [-0.25, -0.2) is 13.2 Å². The van der Waals surface area contributed by atoms with E-state index in [2.05, 4.69) is 16.7 Å². The molecule has 0 radical (unpaired) electrons. The van der Waals surface area contributed by atoms with Crippen LogP contribution in [0.4, 0.5) is 4.79 Å². The van der Waals surface area contributed by atoms with E-state index in [1.54, 1.807) is 12.1 Å². The van der Waals surface area contributed by atoms with E-state index in [1.165, 1.54) is 17.7 Å². The Hall–Kier alpha value is -2.91. The second-order valence-electron chi connectivity index (χ2n) is 9.82. The molecule has 9 heteroatoms. The maximum Gasteiger partial charge on any atom is 0.322 e. The number of nitrogens with one attached hydrogen (secondary N) is 2. The van der Waals surface area contributed by atoms with Crippen LogP contribution in [-0.4, -0.2) is 49.0 Å². The van der Waals surface area contributed by atoms with Gasteiger partial charge in [0.25, 0.3) is 0 Å². The second-order valence-corrected chi connectivity index (χ2v) is 11.7. The molecule has 0 spiro atoms. The van der Waals surface area contributed by atoms with E-state index in [4.69, 9.17) is 0 Å². The fraction of sp³-hybridized carbons (Fsp3) is 0.481. The quantitative estimate of drug-likeness (QED) is 0.366. The summed E-state index contributed by atoms with van der Waals surface area (Å²) in [6, 6.07) is 13.1. The first kappa shape index (κ1) is 27.7. The van der Waals surface area contributed by atoms with Crippen molar-refractivity contribution >= 4 is 22.0 Å². The first-order valence-corrected chi connectivity index (χ1v) is 14.0. The van der Waals surface area contributed by atoms with E-state index in [-0.39, 0.29) is 35.9 Å². The Balaban J connectivity index is 1.55. The summed E-state index contributed by atoms with van der Waals surface area (Å²) in [5, 5.41) is 15.7. The summed E-state index contributed by atoms with van der Waals surface area (Å²) >= 11 is 0. The Labute approximate surface area is 214 Å². The standard InChI is InChI=1S/C27H37N3O5S/c1-19(2)18-30(36(34,35)22-14-11-20(3)12-15-22)25(26(31)32)10-6-7-17-28-27(33)29-24-16-13-21-8-4-5-9-23(21)24/h4-5,8-9,11-12,14-15,19,24-25H,6-7,10,13,16-18H2,1-3H3,(H,31,32)(H2,28,29,33)/t24-,25-/m1/s1. The van der Waals surface area contributed by atoms with Crippen molar-refractivity contribution in [2.75, 3.05) is 13.1 Å². The van der Waals surface area contributed by atoms with Crippen molar-refractivity contribution in [3.05, 3.63) is 65.2 Å². The molecule has 0 saturated carbocycles. The zero-order chi connectivity index (χ0) is 26.3. The number of rotatable bonds is 12. The summed E-state index contributed by atoms with van der Waals surface area (Å²) < 4.78 is 27.8. The summed E-state index contributed by atoms with van der Waals surface area (Å²) in [6.45, 7) is 6.07. The number of amides is 2. The lowest BCUT2D eigenvalue weighted by molar-refractivity contribution is -0.141. The molecule has 1 aliphatic carbocycles. The monoisotopic (exact) mass is 515 g/mol. The number of benzene rings is 2. The molecule has 2 atom stereocenters. The number of nitrogens with zero attached hydrogens (tertiary/aromatic N) is 1. The van der Waals surface area contributed by atoms with Gasteiger partial charge in [0, 0.05) is 13.1 Å². The number of unbranched alkanes of at least 4 members (excludes halogenated alkanes) is 1. The molecule has 0 aromatic heterocycles. The van der Waals surface area contributed by atoms with Crippen LogP contribution in [-0.2, 0) is 21.2 Å². The highest BCUT2D eigenvalue weighted by atomic mass is 32.2. The van der Waals surface area contributed by atoms with E-state index in [9.17, 15) is 23.1 Å². The maximum absolute atomic E-state index is 13.4. The van der Waals surface area contributed by atoms with Gasteiger partial charge in [-0.05, 0) is 68.2 Å². The average molecular weight is 516 g/mol. The lowest BCUT2D eigenvalue weighted by atomic mass is 10.1. The van der Waals surface area contributed by atoms with Crippen LogP contribution < -0.4 is 10.6 Å². The Kier molecular flexibility index (Phi) is 9.50. The first-order chi connectivity index (χ1) is 17.1. The Morgan fingerprint density at radius 2 is 1.78 bits per heavy atom. The van der Waals surface area contributed by atoms with Gasteiger partial charge in [0.1, 0.15) is 6.04 Å². The fourth-order valence-corrected chi connectivity index (χ4v) is 6.35. The molecular formula is C27H37N3O5S. The van der Waals surface area contributed by atoms with Gasteiger partial charge >= 0.3 is 12.0 Å². The fourth-order valence-electron chi connectivity index (χ4n) is 4.57. The number of carbonyl (C=O) groups is 2. The van der Waals surface area contributed by atoms with Crippen LogP contribution in [0.5, 0.6) is 0 Å². The normalized spacial score (nSPS) is 16.1. The highest BCUT2D eigenvalue weighted by Crippen LogP contribution is 2.30. The van der Waals surface area contributed by atoms with Gasteiger partial charge in [-0.3, -0.25) is 4.79 Å². The van der Waals surface area contributed by atoms with Crippen molar-refractivity contribution in [1.82, 2.24) is 14.9 Å². The predicted octanol–water partition coefficient (Wildman–Crippen LogP) is 4.25. The van der Waals surface area contributed by atoms with Crippen molar-refractivity contribution in [2.45, 2.75) is 69.9 Å². The summed E-state index contributed by atoms with van der Waals surface area (Å²) in [6.07, 6.45) is 2.97. The van der Waals surface area contributed by atoms with Crippen molar-refractivity contribution in [1.29, 1.82) is 0 Å². The van der Waals surface area contributed by atoms with E-state index >= 15 is 0 Å². The van der Waals surface area contributed by atoms with Crippen LogP contribution in [0.15, 0.2) is 53.4 Å². The van der Waals surface area contributed by atoms with E-state index in [0.29, 0.717) is 19.4 Å². The molecular weight excluding hydrogens is 478 g/mol. The van der Waals surface area contributed by atoms with E-state index < -0.39 is 22.0 Å². The lowest BCUT2D eigenvalue weighted by Crippen LogP contribution is -2.46. The van der Waals surface area contributed by atoms with Gasteiger partial charge in [-0.15, -0.1) is 0 Å². The molecule has 196 valence electrons. The molecule has 2 aromatic carbocycles. The number of sulfonamides is 1. The Bertz CT molecular complexity index is 1150. The molecule has 36 heavy (non-hydrogen) atoms. The van der Waals surface area contributed by atoms with E-state index in [0.717, 1.165) is 28.3 Å². The van der Waals surface area contributed by atoms with Crippen molar-refractivity contribution < 1.29 is 23.1 Å². The summed E-state index contributed by atoms with van der Waals surface area (Å²) in [5.41, 5.74) is 3.33. The molecule has 2 amide bonds. The third kappa shape index (κ3) is 7.07. The molecule has 0 fully saturated rings. The van der Waals surface area contributed by atoms with Gasteiger partial charge in [-0.2, -0.15) is 4.31 Å². The number of carboxylic acid groups (broad SMARTS) is 1. The maximum atomic E-state index is 13.4. The van der Waals surface area contributed by atoms with E-state index in [1.807, 2.05) is 39.0 Å². The highest BCUT2D eigenvalue weighted by Gasteiger charge is 2.36. The minimum Gasteiger partial charge on any atom is -0.480 e. The third-order valence-corrected chi connectivity index (χ3v) is 8.32. The minimum absolute atomic E-state index is 0.00540. The number of urea groups is 1. The SMILES string of the molecule is Cc1ccc(S(=O)(=O)N(CC(C)C)[C@H](CCCCNC(=O)N[C@@H]2CCc3ccccc32)C(=O)O)cc1. The topological polar surface area (TPSA) is 116 Å². The number of aryl methyl sites for hydroxylation is 2. The third-order valence-electron chi connectivity index (χ3n) is 6.43. The molecule has 8 nitrogen and oxygen atoms in total. The van der Waals surface area contributed by atoms with Gasteiger partial charge in [0.05, 0.1) is 10.9 Å². The summed E-state index contributed by atoms with van der Waals surface area (Å²) in [5.74, 6) is -1.21. The molecule has 0 aliphatic heterocycles. The van der Waals surface area contributed by atoms with Crippen LogP contribution in [0, 0.1) is 12.8 Å². The molecule has 3 N–H and O–H groups in total. The van der Waals surface area contributed by atoms with Crippen LogP contribution in [0.25, 0.3) is 0 Å². The van der Waals surface area contributed by atoms with Crippen molar-refractivity contribution in [3.63, 3.8) is 0 Å². The van der Waals surface area contributed by atoms with Gasteiger partial charge in [0.2, 0.25) is 10.0 Å². The number of hydrogen-bond acceptors (Lipinski definition) is 4. The largest absolute Gasteiger partial charge is 0.480 e. The van der Waals surface area contributed by atoms with Gasteiger partial charge in [0.15, 0.2) is 0 Å². The van der Waals surface area contributed by atoms with Gasteiger partial charge in [-0.1, -0.05) is 55.8 Å². The summed E-state index contributed by atoms with van der Waals surface area (Å²) in [4.78, 5) is 24.6. The second kappa shape index (κ2) is 12.4. The van der Waals surface area contributed by atoms with Gasteiger partial charge < -0.3 is 15.7 Å². The molecule has 0 saturated heterocycles. The number of carbonyl (C=O) groups excluding carboxylic acids is 1. The molecule has 1 aliphatic rings. The van der Waals surface area contributed by atoms with Crippen molar-refractivity contribution in [3.8, 4) is 0 Å². The highest BCUT2D eigenvalue weighted by molar-refractivity contribution is 7.89. The zero-order valence-electron chi connectivity index (χ0n) is 21.2. The first-order valence-electron chi connectivity index (χ1n) is 12.5. The number of aliphatic carboxylic acids is 1. The number of fused-ring (bicyclic) bond motifs is 1. The van der Waals surface area contributed by atoms with Crippen LogP contribution in [0.3, 0.4) is 0 Å². The lowest BCUT2D eigenvalue weighted by Gasteiger charge is -2.29. The number of hydrogen-bond donors (Lipinski definition) is 3. The van der Waals surface area contributed by atoms with Crippen molar-refractivity contribution in [2.24, 2.45) is 5.92 Å². The summed E-state index contributed by atoms with van der Waals surface area (Å²) in [7, 11) is -3.98. The molecule has 0 heterocycles. The molecule has 0 unspecified atom stereocenters.